The summed E-state index contributed by atoms with van der Waals surface area (Å²) in [5, 5.41) is 2.95. The number of fused-ring (bicyclic) bond motifs is 1. The summed E-state index contributed by atoms with van der Waals surface area (Å²) in [7, 11) is 4.19. The molecule has 3 nitrogen and oxygen atoms in total. The molecule has 1 aliphatic rings. The van der Waals surface area contributed by atoms with Gasteiger partial charge in [0, 0.05) is 6.04 Å². The van der Waals surface area contributed by atoms with E-state index in [0.717, 1.165) is 12.8 Å². The zero-order chi connectivity index (χ0) is 10.1. The van der Waals surface area contributed by atoms with Crippen molar-refractivity contribution < 1.29 is 0 Å². The summed E-state index contributed by atoms with van der Waals surface area (Å²) in [5.41, 5.74) is 3.18. The van der Waals surface area contributed by atoms with Gasteiger partial charge < -0.3 is 4.90 Å². The molecule has 1 unspecified atom stereocenters. The molecule has 0 saturated carbocycles. The van der Waals surface area contributed by atoms with Crippen molar-refractivity contribution in [1.82, 2.24) is 4.90 Å². The van der Waals surface area contributed by atoms with Crippen LogP contribution in [-0.4, -0.2) is 25.0 Å². The fourth-order valence-corrected chi connectivity index (χ4v) is 2.00. The van der Waals surface area contributed by atoms with Gasteiger partial charge in [-0.25, -0.2) is 0 Å². The van der Waals surface area contributed by atoms with Crippen molar-refractivity contribution in [2.45, 2.75) is 18.9 Å². The summed E-state index contributed by atoms with van der Waals surface area (Å²) < 4.78 is 0. The van der Waals surface area contributed by atoms with Crippen LogP contribution < -0.4 is 0 Å². The zero-order valence-electron chi connectivity index (χ0n) is 8.53. The van der Waals surface area contributed by atoms with Crippen molar-refractivity contribution in [3.05, 3.63) is 34.2 Å². The van der Waals surface area contributed by atoms with Crippen LogP contribution in [0.3, 0.4) is 0 Å². The topological polar surface area (TPSA) is 32.7 Å². The molecule has 74 valence electrons. The van der Waals surface area contributed by atoms with E-state index in [1.807, 2.05) is 12.1 Å². The van der Waals surface area contributed by atoms with Gasteiger partial charge in [-0.05, 0) is 55.4 Å². The Morgan fingerprint density at radius 1 is 1.29 bits per heavy atom. The van der Waals surface area contributed by atoms with Gasteiger partial charge in [0.2, 0.25) is 0 Å². The highest BCUT2D eigenvalue weighted by Gasteiger charge is 2.22. The van der Waals surface area contributed by atoms with E-state index < -0.39 is 0 Å². The Morgan fingerprint density at radius 3 is 2.64 bits per heavy atom. The Kier molecular flexibility index (Phi) is 2.33. The summed E-state index contributed by atoms with van der Waals surface area (Å²) in [4.78, 5) is 12.6. The summed E-state index contributed by atoms with van der Waals surface area (Å²) in [6.45, 7) is 0. The zero-order valence-corrected chi connectivity index (χ0v) is 8.53. The van der Waals surface area contributed by atoms with Gasteiger partial charge in [-0.15, -0.1) is 4.91 Å². The maximum atomic E-state index is 10.4. The first-order chi connectivity index (χ1) is 6.70. The molecule has 1 atom stereocenters. The normalized spacial score (nSPS) is 19.8. The van der Waals surface area contributed by atoms with Gasteiger partial charge in [0.25, 0.3) is 0 Å². The minimum Gasteiger partial charge on any atom is -0.306 e. The van der Waals surface area contributed by atoms with Crippen LogP contribution >= 0.6 is 0 Å². The van der Waals surface area contributed by atoms with Crippen LogP contribution in [0.25, 0.3) is 0 Å². The largest absolute Gasteiger partial charge is 0.306 e. The van der Waals surface area contributed by atoms with Gasteiger partial charge >= 0.3 is 0 Å². The molecule has 14 heavy (non-hydrogen) atoms. The maximum absolute atomic E-state index is 10.4. The molecule has 0 amide bonds. The smallest absolute Gasteiger partial charge is 0.108 e. The molecule has 1 aromatic rings. The first-order valence-corrected chi connectivity index (χ1v) is 4.82. The molecule has 3 heteroatoms. The highest BCUT2D eigenvalue weighted by molar-refractivity contribution is 5.46. The van der Waals surface area contributed by atoms with Crippen LogP contribution in [0.1, 0.15) is 11.1 Å². The SMILES string of the molecule is CN(C)C1Cc2ccc(N=O)cc2C1. The lowest BCUT2D eigenvalue weighted by Gasteiger charge is -2.17. The van der Waals surface area contributed by atoms with E-state index in [0.29, 0.717) is 11.7 Å². The number of nitrogens with zero attached hydrogens (tertiary/aromatic N) is 2. The predicted octanol–water partition coefficient (Wildman–Crippen LogP) is 2.11. The number of likely N-dealkylation sites (N-methyl/N-ethyl adjacent to an activating group) is 1. The molecular weight excluding hydrogens is 176 g/mol. The Bertz CT molecular complexity index is 360. The first-order valence-electron chi connectivity index (χ1n) is 4.82. The second-order valence-electron chi connectivity index (χ2n) is 4.07. The molecule has 0 aliphatic heterocycles. The van der Waals surface area contributed by atoms with Crippen molar-refractivity contribution in [3.8, 4) is 0 Å². The Labute approximate surface area is 83.7 Å². The molecule has 0 saturated heterocycles. The number of hydrogen-bond donors (Lipinski definition) is 0. The van der Waals surface area contributed by atoms with E-state index >= 15 is 0 Å². The van der Waals surface area contributed by atoms with Gasteiger partial charge in [-0.1, -0.05) is 6.07 Å². The second kappa shape index (κ2) is 3.50. The van der Waals surface area contributed by atoms with E-state index in [9.17, 15) is 4.91 Å². The molecule has 0 fully saturated rings. The van der Waals surface area contributed by atoms with Gasteiger partial charge in [-0.2, -0.15) is 0 Å². The first kappa shape index (κ1) is 9.34. The van der Waals surface area contributed by atoms with Gasteiger partial charge in [0.1, 0.15) is 5.69 Å². The standard InChI is InChI=1S/C11H14N2O/c1-13(2)11-6-8-3-4-10(12-14)5-9(8)7-11/h3-5,11H,6-7H2,1-2H3. The molecule has 1 aliphatic carbocycles. The average Bonchev–Trinajstić information content (AvgIpc) is 2.59. The van der Waals surface area contributed by atoms with Crippen LogP contribution in [0, 0.1) is 4.91 Å². The summed E-state index contributed by atoms with van der Waals surface area (Å²) in [6.07, 6.45) is 2.12. The minimum absolute atomic E-state index is 0.545. The molecule has 0 heterocycles. The molecule has 0 bridgehead atoms. The third-order valence-corrected chi connectivity index (χ3v) is 2.94. The Balaban J connectivity index is 2.26. The van der Waals surface area contributed by atoms with Crippen LogP contribution in [0.2, 0.25) is 0 Å². The lowest BCUT2D eigenvalue weighted by molar-refractivity contribution is 0.303. The second-order valence-corrected chi connectivity index (χ2v) is 4.07. The van der Waals surface area contributed by atoms with E-state index in [4.69, 9.17) is 0 Å². The Morgan fingerprint density at radius 2 is 2.00 bits per heavy atom. The minimum atomic E-state index is 0.545. The third kappa shape index (κ3) is 1.55. The van der Waals surface area contributed by atoms with E-state index in [1.165, 1.54) is 11.1 Å². The number of rotatable bonds is 2. The Hall–Kier alpha value is -1.22. The summed E-state index contributed by atoms with van der Waals surface area (Å²) in [5.74, 6) is 0. The molecule has 0 N–H and O–H groups in total. The predicted molar refractivity (Wildman–Crippen MR) is 56.8 cm³/mol. The summed E-state index contributed by atoms with van der Waals surface area (Å²) >= 11 is 0. The van der Waals surface area contributed by atoms with Gasteiger partial charge in [-0.3, -0.25) is 0 Å². The molecule has 0 radical (unpaired) electrons. The molecule has 0 aromatic heterocycles. The van der Waals surface area contributed by atoms with Crippen molar-refractivity contribution in [2.75, 3.05) is 14.1 Å². The fraction of sp³-hybridized carbons (Fsp3) is 0.455. The van der Waals surface area contributed by atoms with Crippen molar-refractivity contribution in [3.63, 3.8) is 0 Å². The van der Waals surface area contributed by atoms with Crippen molar-refractivity contribution in [2.24, 2.45) is 5.18 Å². The van der Waals surface area contributed by atoms with Crippen molar-refractivity contribution in [1.29, 1.82) is 0 Å². The van der Waals surface area contributed by atoms with Crippen molar-refractivity contribution >= 4 is 5.69 Å². The lowest BCUT2D eigenvalue weighted by Crippen LogP contribution is -2.27. The number of nitroso groups, excluding NO2 is 1. The quantitative estimate of drug-likeness (QED) is 0.669. The van der Waals surface area contributed by atoms with E-state index in [1.54, 1.807) is 6.07 Å². The molecular formula is C11H14N2O. The number of benzene rings is 1. The maximum Gasteiger partial charge on any atom is 0.108 e. The van der Waals surface area contributed by atoms with Crippen LogP contribution in [0.15, 0.2) is 23.4 Å². The molecule has 1 aromatic carbocycles. The summed E-state index contributed by atoms with van der Waals surface area (Å²) in [6, 6.07) is 6.30. The fourth-order valence-electron chi connectivity index (χ4n) is 2.00. The highest BCUT2D eigenvalue weighted by Crippen LogP contribution is 2.28. The average molecular weight is 190 g/mol. The lowest BCUT2D eigenvalue weighted by atomic mass is 10.1. The van der Waals surface area contributed by atoms with Crippen LogP contribution in [-0.2, 0) is 12.8 Å². The van der Waals surface area contributed by atoms with E-state index in [-0.39, 0.29) is 0 Å². The highest BCUT2D eigenvalue weighted by atomic mass is 16.3. The molecule has 2 rings (SSSR count). The molecule has 0 spiro atoms. The van der Waals surface area contributed by atoms with Crippen LogP contribution in [0.5, 0.6) is 0 Å². The monoisotopic (exact) mass is 190 g/mol. The van der Waals surface area contributed by atoms with Gasteiger partial charge in [0.15, 0.2) is 0 Å². The number of hydrogen-bond acceptors (Lipinski definition) is 3. The van der Waals surface area contributed by atoms with Gasteiger partial charge in [0.05, 0.1) is 0 Å². The van der Waals surface area contributed by atoms with Crippen LogP contribution in [0.4, 0.5) is 5.69 Å². The van der Waals surface area contributed by atoms with E-state index in [2.05, 4.69) is 24.2 Å². The third-order valence-electron chi connectivity index (χ3n) is 2.94.